The van der Waals surface area contributed by atoms with Crippen molar-refractivity contribution in [3.05, 3.63) is 0 Å². The average molecular weight is 274 g/mol. The molecule has 0 amide bonds. The summed E-state index contributed by atoms with van der Waals surface area (Å²) in [5, 5.41) is 0. The molecule has 19 heavy (non-hydrogen) atoms. The van der Waals surface area contributed by atoms with Gasteiger partial charge in [0.05, 0.1) is 18.2 Å². The summed E-state index contributed by atoms with van der Waals surface area (Å²) in [7, 11) is 0. The van der Waals surface area contributed by atoms with Crippen molar-refractivity contribution in [2.75, 3.05) is 13.1 Å². The Morgan fingerprint density at radius 2 is 1.89 bits per heavy atom. The number of piperidine rings is 1. The maximum Gasteiger partial charge on any atom is 0.265 e. The largest absolute Gasteiger partial charge is 0.372 e. The van der Waals surface area contributed by atoms with Gasteiger partial charge in [-0.1, -0.05) is 0 Å². The first-order valence-electron chi connectivity index (χ1n) is 7.43. The first kappa shape index (κ1) is 13.7. The fourth-order valence-electron chi connectivity index (χ4n) is 3.64. The number of halogens is 2. The highest BCUT2D eigenvalue weighted by Crippen LogP contribution is 2.50. The van der Waals surface area contributed by atoms with Crippen LogP contribution in [0.5, 0.6) is 0 Å². The lowest BCUT2D eigenvalue weighted by Gasteiger charge is -2.36. The maximum atomic E-state index is 13.6. The van der Waals surface area contributed by atoms with Crippen LogP contribution >= 0.6 is 0 Å². The Bertz CT molecular complexity index is 338. The highest BCUT2D eigenvalue weighted by Gasteiger charge is 2.59. The molecule has 0 aromatic carbocycles. The van der Waals surface area contributed by atoms with E-state index in [-0.39, 0.29) is 12.5 Å². The van der Waals surface area contributed by atoms with E-state index < -0.39 is 18.1 Å². The number of ether oxygens (including phenoxy) is 1. The zero-order valence-electron chi connectivity index (χ0n) is 11.7. The molecule has 0 spiro atoms. The quantitative estimate of drug-likeness (QED) is 0.853. The van der Waals surface area contributed by atoms with E-state index in [1.165, 1.54) is 0 Å². The summed E-state index contributed by atoms with van der Waals surface area (Å²) in [4.78, 5) is 2.44. The second-order valence-electron chi connectivity index (χ2n) is 6.69. The third-order valence-corrected chi connectivity index (χ3v) is 5.09. The molecular formula is C14H24F2N2O. The van der Waals surface area contributed by atoms with Crippen LogP contribution in [0.4, 0.5) is 8.78 Å². The van der Waals surface area contributed by atoms with Gasteiger partial charge in [-0.05, 0) is 26.7 Å². The number of nitrogens with zero attached hydrogens (tertiary/aromatic N) is 1. The summed E-state index contributed by atoms with van der Waals surface area (Å²) < 4.78 is 33.0. The SMILES string of the molecule is CC(C)N1CC2C(C1)C2OC1CCCC(F)(F)C1N. The van der Waals surface area contributed by atoms with E-state index in [4.69, 9.17) is 10.5 Å². The number of alkyl halides is 2. The topological polar surface area (TPSA) is 38.5 Å². The minimum Gasteiger partial charge on any atom is -0.372 e. The van der Waals surface area contributed by atoms with Gasteiger partial charge in [-0.3, -0.25) is 0 Å². The number of hydrogen-bond acceptors (Lipinski definition) is 3. The van der Waals surface area contributed by atoms with Crippen LogP contribution in [0.3, 0.4) is 0 Å². The average Bonchev–Trinajstić information content (AvgIpc) is 2.79. The standard InChI is InChI=1S/C14H24F2N2O/c1-8(2)18-6-9-10(7-18)12(9)19-11-4-3-5-14(15,16)13(11)17/h8-13H,3-7,17H2,1-2H3. The Hall–Kier alpha value is -0.260. The predicted molar refractivity (Wildman–Crippen MR) is 69.1 cm³/mol. The number of hydrogen-bond donors (Lipinski definition) is 1. The van der Waals surface area contributed by atoms with Crippen molar-refractivity contribution in [2.24, 2.45) is 17.6 Å². The second kappa shape index (κ2) is 4.64. The maximum absolute atomic E-state index is 13.6. The zero-order valence-corrected chi connectivity index (χ0v) is 11.7. The van der Waals surface area contributed by atoms with Gasteiger partial charge in [-0.2, -0.15) is 0 Å². The van der Waals surface area contributed by atoms with Gasteiger partial charge in [-0.15, -0.1) is 0 Å². The van der Waals surface area contributed by atoms with E-state index in [1.54, 1.807) is 0 Å². The molecule has 0 aromatic rings. The molecule has 5 heteroatoms. The van der Waals surface area contributed by atoms with Gasteiger partial charge in [-0.25, -0.2) is 8.78 Å². The number of fused-ring (bicyclic) bond motifs is 1. The summed E-state index contributed by atoms with van der Waals surface area (Å²) in [6.45, 7) is 6.48. The van der Waals surface area contributed by atoms with E-state index in [9.17, 15) is 8.78 Å². The fourth-order valence-corrected chi connectivity index (χ4v) is 3.64. The van der Waals surface area contributed by atoms with Crippen LogP contribution in [0.15, 0.2) is 0 Å². The number of likely N-dealkylation sites (tertiary alicyclic amines) is 1. The molecule has 1 saturated heterocycles. The van der Waals surface area contributed by atoms with Crippen molar-refractivity contribution in [3.63, 3.8) is 0 Å². The first-order valence-corrected chi connectivity index (χ1v) is 7.43. The third-order valence-electron chi connectivity index (χ3n) is 5.09. The van der Waals surface area contributed by atoms with Crippen molar-refractivity contribution in [3.8, 4) is 0 Å². The van der Waals surface area contributed by atoms with Crippen LogP contribution in [0.25, 0.3) is 0 Å². The lowest BCUT2D eigenvalue weighted by molar-refractivity contribution is -0.123. The van der Waals surface area contributed by atoms with Crippen molar-refractivity contribution in [2.45, 2.75) is 63.3 Å². The Morgan fingerprint density at radius 1 is 1.26 bits per heavy atom. The molecule has 0 aromatic heterocycles. The van der Waals surface area contributed by atoms with Gasteiger partial charge in [0, 0.05) is 37.4 Å². The zero-order chi connectivity index (χ0) is 13.8. The molecule has 3 nitrogen and oxygen atoms in total. The van der Waals surface area contributed by atoms with E-state index in [2.05, 4.69) is 18.7 Å². The van der Waals surface area contributed by atoms with Gasteiger partial charge in [0.25, 0.3) is 5.92 Å². The fraction of sp³-hybridized carbons (Fsp3) is 1.00. The van der Waals surface area contributed by atoms with Crippen LogP contribution in [-0.2, 0) is 4.74 Å². The summed E-state index contributed by atoms with van der Waals surface area (Å²) in [6, 6.07) is -0.557. The van der Waals surface area contributed by atoms with Crippen LogP contribution in [-0.4, -0.2) is 48.2 Å². The Balaban J connectivity index is 1.52. The lowest BCUT2D eigenvalue weighted by Crippen LogP contribution is -2.53. The summed E-state index contributed by atoms with van der Waals surface area (Å²) in [5.74, 6) is -1.66. The molecule has 1 heterocycles. The molecule has 1 aliphatic heterocycles. The highest BCUT2D eigenvalue weighted by molar-refractivity contribution is 5.08. The van der Waals surface area contributed by atoms with E-state index in [0.717, 1.165) is 13.1 Å². The molecule has 3 aliphatic rings. The monoisotopic (exact) mass is 274 g/mol. The summed E-state index contributed by atoms with van der Waals surface area (Å²) >= 11 is 0. The second-order valence-corrected chi connectivity index (χ2v) is 6.69. The molecule has 4 unspecified atom stereocenters. The smallest absolute Gasteiger partial charge is 0.265 e. The molecule has 3 fully saturated rings. The van der Waals surface area contributed by atoms with Crippen molar-refractivity contribution < 1.29 is 13.5 Å². The summed E-state index contributed by atoms with van der Waals surface area (Å²) in [6.07, 6.45) is 0.838. The van der Waals surface area contributed by atoms with Gasteiger partial charge < -0.3 is 15.4 Å². The predicted octanol–water partition coefficient (Wildman–Crippen LogP) is 1.86. The molecule has 2 aliphatic carbocycles. The van der Waals surface area contributed by atoms with Crippen LogP contribution in [0.2, 0.25) is 0 Å². The Morgan fingerprint density at radius 3 is 2.47 bits per heavy atom. The van der Waals surface area contributed by atoms with E-state index >= 15 is 0 Å². The van der Waals surface area contributed by atoms with Crippen molar-refractivity contribution in [1.29, 1.82) is 0 Å². The van der Waals surface area contributed by atoms with Crippen LogP contribution in [0, 0.1) is 11.8 Å². The van der Waals surface area contributed by atoms with Gasteiger partial charge in [0.2, 0.25) is 0 Å². The molecule has 2 N–H and O–H groups in total. The molecule has 0 bridgehead atoms. The Kier molecular flexibility index (Phi) is 3.35. The third kappa shape index (κ3) is 2.41. The number of nitrogens with two attached hydrogens (primary N) is 1. The summed E-state index contributed by atoms with van der Waals surface area (Å²) in [5.41, 5.74) is 5.67. The molecule has 0 radical (unpaired) electrons. The molecule has 4 atom stereocenters. The number of rotatable bonds is 3. The van der Waals surface area contributed by atoms with E-state index in [0.29, 0.717) is 30.7 Å². The van der Waals surface area contributed by atoms with Crippen LogP contribution in [0.1, 0.15) is 33.1 Å². The molecule has 3 rings (SSSR count). The normalized spacial score (nSPS) is 45.5. The molecular weight excluding hydrogens is 250 g/mol. The molecule has 2 saturated carbocycles. The highest BCUT2D eigenvalue weighted by atomic mass is 19.3. The van der Waals surface area contributed by atoms with Crippen molar-refractivity contribution in [1.82, 2.24) is 4.90 Å². The molecule has 110 valence electrons. The van der Waals surface area contributed by atoms with Crippen molar-refractivity contribution >= 4 is 0 Å². The minimum absolute atomic E-state index is 0.0906. The van der Waals surface area contributed by atoms with Gasteiger partial charge in [0.1, 0.15) is 0 Å². The lowest BCUT2D eigenvalue weighted by atomic mass is 9.89. The Labute approximate surface area is 113 Å². The van der Waals surface area contributed by atoms with E-state index in [1.807, 2.05) is 0 Å². The van der Waals surface area contributed by atoms with Gasteiger partial charge >= 0.3 is 0 Å². The minimum atomic E-state index is -2.75. The first-order chi connectivity index (χ1) is 8.90. The van der Waals surface area contributed by atoms with Gasteiger partial charge in [0.15, 0.2) is 0 Å². The van der Waals surface area contributed by atoms with Crippen LogP contribution < -0.4 is 5.73 Å².